The van der Waals surface area contributed by atoms with Crippen LogP contribution in [0.2, 0.25) is 0 Å². The molecule has 0 spiro atoms. The molecule has 0 aliphatic carbocycles. The number of nitrogens with zero attached hydrogens (tertiary/aromatic N) is 1. The first-order valence-corrected chi connectivity index (χ1v) is 6.29. The Hall–Kier alpha value is -2.95. The van der Waals surface area contributed by atoms with Gasteiger partial charge in [0.15, 0.2) is 0 Å². The highest BCUT2D eigenvalue weighted by atomic mass is 16.4. The number of carbonyl (C=O) groups excluding carboxylic acids is 1. The number of aromatic carboxylic acids is 1. The summed E-state index contributed by atoms with van der Waals surface area (Å²) in [7, 11) is 0. The second kappa shape index (κ2) is 6.47. The van der Waals surface area contributed by atoms with Crippen LogP contribution >= 0.6 is 0 Å². The molecular weight excluding hydrogens is 268 g/mol. The van der Waals surface area contributed by atoms with Crippen molar-refractivity contribution in [3.05, 3.63) is 65.5 Å². The predicted octanol–water partition coefficient (Wildman–Crippen LogP) is 2.74. The summed E-state index contributed by atoms with van der Waals surface area (Å²) in [5.74, 6) is -1.35. The van der Waals surface area contributed by atoms with Crippen molar-refractivity contribution in [2.45, 2.75) is 6.92 Å². The zero-order valence-corrected chi connectivity index (χ0v) is 11.4. The number of rotatable bonds is 4. The first-order chi connectivity index (χ1) is 10.1. The van der Waals surface area contributed by atoms with Crippen LogP contribution in [0.25, 0.3) is 6.08 Å². The monoisotopic (exact) mass is 282 g/mol. The number of nitrogens with one attached hydrogen (secondary N) is 1. The van der Waals surface area contributed by atoms with E-state index >= 15 is 0 Å². The third kappa shape index (κ3) is 4.01. The topological polar surface area (TPSA) is 79.3 Å². The van der Waals surface area contributed by atoms with E-state index in [1.165, 1.54) is 12.1 Å². The maximum absolute atomic E-state index is 11.8. The molecule has 0 saturated carbocycles. The second-order valence-corrected chi connectivity index (χ2v) is 4.44. The van der Waals surface area contributed by atoms with E-state index in [0.717, 1.165) is 5.56 Å². The van der Waals surface area contributed by atoms with E-state index in [-0.39, 0.29) is 11.5 Å². The number of aryl methyl sites for hydroxylation is 1. The highest BCUT2D eigenvalue weighted by molar-refractivity contribution is 6.02. The molecule has 0 atom stereocenters. The largest absolute Gasteiger partial charge is 0.478 e. The van der Waals surface area contributed by atoms with Crippen molar-refractivity contribution in [2.75, 3.05) is 5.32 Å². The smallest absolute Gasteiger partial charge is 0.336 e. The number of amides is 1. The van der Waals surface area contributed by atoms with Crippen molar-refractivity contribution in [2.24, 2.45) is 0 Å². The van der Waals surface area contributed by atoms with Gasteiger partial charge < -0.3 is 10.4 Å². The summed E-state index contributed by atoms with van der Waals surface area (Å²) in [6.45, 7) is 1.71. The Bertz CT molecular complexity index is 694. The van der Waals surface area contributed by atoms with Gasteiger partial charge in [-0.05, 0) is 42.3 Å². The van der Waals surface area contributed by atoms with Gasteiger partial charge in [-0.25, -0.2) is 4.79 Å². The van der Waals surface area contributed by atoms with Crippen LogP contribution in [0.4, 0.5) is 5.69 Å². The van der Waals surface area contributed by atoms with Gasteiger partial charge >= 0.3 is 5.97 Å². The fourth-order valence-corrected chi connectivity index (χ4v) is 1.76. The summed E-state index contributed by atoms with van der Waals surface area (Å²) in [6.07, 6.45) is 6.29. The number of carboxylic acid groups (broad SMARTS) is 1. The van der Waals surface area contributed by atoms with E-state index in [9.17, 15) is 9.59 Å². The van der Waals surface area contributed by atoms with E-state index in [1.807, 2.05) is 6.07 Å². The predicted molar refractivity (Wildman–Crippen MR) is 80.0 cm³/mol. The van der Waals surface area contributed by atoms with Gasteiger partial charge in [0.25, 0.3) is 0 Å². The van der Waals surface area contributed by atoms with Crippen LogP contribution in [-0.2, 0) is 4.79 Å². The zero-order valence-electron chi connectivity index (χ0n) is 11.4. The standard InChI is InChI=1S/C16H14N2O3/c1-11-4-6-13(9-14(11)16(20)21)18-15(19)7-5-12-3-2-8-17-10-12/h2-10H,1H3,(H,18,19)(H,20,21). The molecule has 0 saturated heterocycles. The lowest BCUT2D eigenvalue weighted by atomic mass is 10.1. The number of hydrogen-bond acceptors (Lipinski definition) is 3. The zero-order chi connectivity index (χ0) is 15.2. The average Bonchev–Trinajstić information content (AvgIpc) is 2.48. The minimum Gasteiger partial charge on any atom is -0.478 e. The molecule has 106 valence electrons. The molecule has 2 rings (SSSR count). The summed E-state index contributed by atoms with van der Waals surface area (Å²) < 4.78 is 0. The quantitative estimate of drug-likeness (QED) is 0.845. The number of benzene rings is 1. The number of pyridine rings is 1. The molecule has 1 amide bonds. The molecule has 0 radical (unpaired) electrons. The average molecular weight is 282 g/mol. The maximum Gasteiger partial charge on any atom is 0.336 e. The van der Waals surface area contributed by atoms with Gasteiger partial charge in [0.2, 0.25) is 5.91 Å². The SMILES string of the molecule is Cc1ccc(NC(=O)C=Cc2cccnc2)cc1C(=O)O. The molecule has 0 aliphatic rings. The molecule has 0 bridgehead atoms. The number of aromatic nitrogens is 1. The van der Waals surface area contributed by atoms with Crippen LogP contribution in [0.5, 0.6) is 0 Å². The van der Waals surface area contributed by atoms with E-state index in [0.29, 0.717) is 11.3 Å². The molecule has 1 aromatic heterocycles. The number of carboxylic acids is 1. The van der Waals surface area contributed by atoms with Crippen LogP contribution in [0.1, 0.15) is 21.5 Å². The second-order valence-electron chi connectivity index (χ2n) is 4.44. The third-order valence-corrected chi connectivity index (χ3v) is 2.85. The van der Waals surface area contributed by atoms with Crippen molar-refractivity contribution < 1.29 is 14.7 Å². The van der Waals surface area contributed by atoms with Crippen molar-refractivity contribution >= 4 is 23.6 Å². The number of hydrogen-bond donors (Lipinski definition) is 2. The van der Waals surface area contributed by atoms with Crippen LogP contribution in [0, 0.1) is 6.92 Å². The van der Waals surface area contributed by atoms with Crippen molar-refractivity contribution in [1.29, 1.82) is 0 Å². The molecule has 0 aliphatic heterocycles. The van der Waals surface area contributed by atoms with Crippen molar-refractivity contribution in [3.63, 3.8) is 0 Å². The van der Waals surface area contributed by atoms with E-state index in [1.54, 1.807) is 43.6 Å². The Labute approximate surface area is 122 Å². The fraction of sp³-hybridized carbons (Fsp3) is 0.0625. The minimum absolute atomic E-state index is 0.170. The Morgan fingerprint density at radius 2 is 2.10 bits per heavy atom. The Morgan fingerprint density at radius 3 is 2.76 bits per heavy atom. The molecule has 2 aromatic rings. The van der Waals surface area contributed by atoms with E-state index in [2.05, 4.69) is 10.3 Å². The molecule has 0 fully saturated rings. The van der Waals surface area contributed by atoms with Gasteiger partial charge in [0, 0.05) is 24.2 Å². The first-order valence-electron chi connectivity index (χ1n) is 6.29. The van der Waals surface area contributed by atoms with Gasteiger partial charge in [0.05, 0.1) is 5.56 Å². The molecule has 2 N–H and O–H groups in total. The maximum atomic E-state index is 11.8. The summed E-state index contributed by atoms with van der Waals surface area (Å²) in [6, 6.07) is 8.36. The molecule has 1 heterocycles. The Morgan fingerprint density at radius 1 is 1.29 bits per heavy atom. The third-order valence-electron chi connectivity index (χ3n) is 2.85. The highest BCUT2D eigenvalue weighted by Gasteiger charge is 2.08. The van der Waals surface area contributed by atoms with Gasteiger partial charge in [0.1, 0.15) is 0 Å². The van der Waals surface area contributed by atoms with Gasteiger partial charge in [-0.1, -0.05) is 12.1 Å². The van der Waals surface area contributed by atoms with Gasteiger partial charge in [-0.3, -0.25) is 9.78 Å². The number of carbonyl (C=O) groups is 2. The Balaban J connectivity index is 2.08. The van der Waals surface area contributed by atoms with Crippen molar-refractivity contribution in [1.82, 2.24) is 4.98 Å². The van der Waals surface area contributed by atoms with Crippen LogP contribution in [0.3, 0.4) is 0 Å². The lowest BCUT2D eigenvalue weighted by Gasteiger charge is -2.06. The molecule has 21 heavy (non-hydrogen) atoms. The normalized spacial score (nSPS) is 10.5. The summed E-state index contributed by atoms with van der Waals surface area (Å²) in [5, 5.41) is 11.7. The molecule has 1 aromatic carbocycles. The molecule has 5 nitrogen and oxygen atoms in total. The van der Waals surface area contributed by atoms with E-state index in [4.69, 9.17) is 5.11 Å². The Kier molecular flexibility index (Phi) is 4.46. The lowest BCUT2D eigenvalue weighted by molar-refractivity contribution is -0.111. The van der Waals surface area contributed by atoms with Crippen LogP contribution in [-0.4, -0.2) is 22.0 Å². The summed E-state index contributed by atoms with van der Waals surface area (Å²) in [5.41, 5.74) is 2.07. The minimum atomic E-state index is -1.02. The van der Waals surface area contributed by atoms with E-state index < -0.39 is 5.97 Å². The number of anilines is 1. The van der Waals surface area contributed by atoms with Crippen LogP contribution in [0.15, 0.2) is 48.8 Å². The first kappa shape index (κ1) is 14.5. The lowest BCUT2D eigenvalue weighted by Crippen LogP contribution is -2.09. The molecule has 0 unspecified atom stereocenters. The van der Waals surface area contributed by atoms with Crippen LogP contribution < -0.4 is 5.32 Å². The molecular formula is C16H14N2O3. The summed E-state index contributed by atoms with van der Waals surface area (Å²) >= 11 is 0. The summed E-state index contributed by atoms with van der Waals surface area (Å²) in [4.78, 5) is 26.8. The van der Waals surface area contributed by atoms with Gasteiger partial charge in [-0.15, -0.1) is 0 Å². The van der Waals surface area contributed by atoms with Gasteiger partial charge in [-0.2, -0.15) is 0 Å². The molecule has 5 heteroatoms. The van der Waals surface area contributed by atoms with Crippen molar-refractivity contribution in [3.8, 4) is 0 Å². The highest BCUT2D eigenvalue weighted by Crippen LogP contribution is 2.15. The fourth-order valence-electron chi connectivity index (χ4n) is 1.76.